The van der Waals surface area contributed by atoms with Crippen molar-refractivity contribution in [3.63, 3.8) is 0 Å². The number of hydrogen-bond acceptors (Lipinski definition) is 7. The first kappa shape index (κ1) is 26.0. The summed E-state index contributed by atoms with van der Waals surface area (Å²) in [5.41, 5.74) is 6.76. The van der Waals surface area contributed by atoms with Crippen LogP contribution in [0.15, 0.2) is 60.8 Å². The van der Waals surface area contributed by atoms with Crippen molar-refractivity contribution in [3.8, 4) is 62.3 Å². The van der Waals surface area contributed by atoms with Gasteiger partial charge in [0.15, 0.2) is 23.0 Å². The molecule has 0 aliphatic carbocycles. The smallest absolute Gasteiger partial charge is 0.493 e. The first-order valence-electron chi connectivity index (χ1n) is 12.7. The number of hydrogen-bond donors (Lipinski definition) is 0. The Balaban J connectivity index is 1.79. The average Bonchev–Trinajstić information content (AvgIpc) is 3.36. The fourth-order valence-corrected chi connectivity index (χ4v) is 5.11. The predicted molar refractivity (Wildman–Crippen MR) is 148 cm³/mol. The van der Waals surface area contributed by atoms with Crippen LogP contribution in [0.3, 0.4) is 0 Å². The molecule has 0 N–H and O–H groups in total. The van der Waals surface area contributed by atoms with E-state index in [1.165, 1.54) is 0 Å². The van der Waals surface area contributed by atoms with Crippen LogP contribution in [0.2, 0.25) is 0 Å². The molecule has 0 spiro atoms. The van der Waals surface area contributed by atoms with Gasteiger partial charge >= 0.3 is 6.16 Å². The van der Waals surface area contributed by atoms with Crippen molar-refractivity contribution in [2.75, 3.05) is 35.0 Å². The maximum Gasteiger partial charge on any atom is 0.513 e. The van der Waals surface area contributed by atoms with Gasteiger partial charge in [0, 0.05) is 35.0 Å². The lowest BCUT2D eigenvalue weighted by Crippen LogP contribution is -2.11. The SMILES string of the molecule is CCOC(=O)Oc1ccccc1-c1cn2c(c1-c1ccc(OC)c(OC)c1)-c1cc(OC)c(OC)cc1CC2. The summed E-state index contributed by atoms with van der Waals surface area (Å²) >= 11 is 0. The van der Waals surface area contributed by atoms with Crippen LogP contribution < -0.4 is 23.7 Å². The summed E-state index contributed by atoms with van der Waals surface area (Å²) in [5.74, 6) is 3.00. The Hall–Kier alpha value is -4.59. The fourth-order valence-electron chi connectivity index (χ4n) is 5.11. The number of aromatic nitrogens is 1. The van der Waals surface area contributed by atoms with Crippen molar-refractivity contribution in [1.82, 2.24) is 4.57 Å². The number of fused-ring (bicyclic) bond motifs is 3. The fraction of sp³-hybridized carbons (Fsp3) is 0.258. The van der Waals surface area contributed by atoms with Crippen LogP contribution in [0.25, 0.3) is 33.5 Å². The molecule has 39 heavy (non-hydrogen) atoms. The molecule has 0 saturated heterocycles. The van der Waals surface area contributed by atoms with E-state index >= 15 is 0 Å². The van der Waals surface area contributed by atoms with Gasteiger partial charge in [0.1, 0.15) is 5.75 Å². The Labute approximate surface area is 227 Å². The molecule has 2 heterocycles. The highest BCUT2D eigenvalue weighted by Gasteiger charge is 2.28. The topological polar surface area (TPSA) is 77.4 Å². The lowest BCUT2D eigenvalue weighted by Gasteiger charge is -2.23. The van der Waals surface area contributed by atoms with Gasteiger partial charge < -0.3 is 33.0 Å². The second-order valence-corrected chi connectivity index (χ2v) is 8.93. The largest absolute Gasteiger partial charge is 0.513 e. The molecule has 0 atom stereocenters. The molecular weight excluding hydrogens is 498 g/mol. The normalized spacial score (nSPS) is 11.7. The molecule has 8 nitrogen and oxygen atoms in total. The van der Waals surface area contributed by atoms with Gasteiger partial charge in [0.25, 0.3) is 0 Å². The van der Waals surface area contributed by atoms with Gasteiger partial charge in [0.05, 0.1) is 40.7 Å². The van der Waals surface area contributed by atoms with E-state index in [0.717, 1.165) is 52.0 Å². The zero-order valence-corrected chi connectivity index (χ0v) is 22.7. The molecule has 1 aliphatic rings. The molecule has 0 radical (unpaired) electrons. The summed E-state index contributed by atoms with van der Waals surface area (Å²) in [7, 11) is 6.51. The van der Waals surface area contributed by atoms with Crippen LogP contribution in [0, 0.1) is 0 Å². The van der Waals surface area contributed by atoms with Crippen LogP contribution in [0.1, 0.15) is 12.5 Å². The van der Waals surface area contributed by atoms with Crippen LogP contribution in [-0.4, -0.2) is 45.8 Å². The van der Waals surface area contributed by atoms with E-state index < -0.39 is 6.16 Å². The van der Waals surface area contributed by atoms with Gasteiger partial charge in [-0.1, -0.05) is 24.3 Å². The van der Waals surface area contributed by atoms with Crippen LogP contribution in [-0.2, 0) is 17.7 Å². The molecule has 202 valence electrons. The van der Waals surface area contributed by atoms with Gasteiger partial charge in [-0.05, 0) is 54.8 Å². The molecule has 4 aromatic rings. The first-order chi connectivity index (χ1) is 19.0. The quantitative estimate of drug-likeness (QED) is 0.188. The standard InChI is InChI=1S/C31H31NO7/c1-6-38-31(33)39-24-10-8-7-9-21(24)23-18-32-14-13-19-15-27(36-4)28(37-5)17-22(19)30(32)29(23)20-11-12-25(34-2)26(16-20)35-3/h7-12,15-18H,6,13-14H2,1-5H3. The van der Waals surface area contributed by atoms with Gasteiger partial charge in [-0.2, -0.15) is 0 Å². The molecule has 0 unspecified atom stereocenters. The van der Waals surface area contributed by atoms with Crippen LogP contribution >= 0.6 is 0 Å². The van der Waals surface area contributed by atoms with Crippen molar-refractivity contribution in [3.05, 3.63) is 66.4 Å². The van der Waals surface area contributed by atoms with Gasteiger partial charge in [-0.15, -0.1) is 0 Å². The summed E-state index contributed by atoms with van der Waals surface area (Å²) in [6, 6.07) is 17.4. The highest BCUT2D eigenvalue weighted by molar-refractivity contribution is 5.97. The predicted octanol–water partition coefficient (Wildman–Crippen LogP) is 6.61. The average molecular weight is 530 g/mol. The molecule has 5 rings (SSSR count). The van der Waals surface area contributed by atoms with Crippen molar-refractivity contribution in [1.29, 1.82) is 0 Å². The van der Waals surface area contributed by atoms with E-state index in [9.17, 15) is 4.79 Å². The number of rotatable bonds is 8. The number of ether oxygens (including phenoxy) is 6. The van der Waals surface area contributed by atoms with Crippen LogP contribution in [0.5, 0.6) is 28.7 Å². The summed E-state index contributed by atoms with van der Waals surface area (Å²) in [4.78, 5) is 12.3. The van der Waals surface area contributed by atoms with E-state index in [1.807, 2.05) is 48.5 Å². The number of para-hydroxylation sites is 1. The minimum absolute atomic E-state index is 0.223. The Morgan fingerprint density at radius 2 is 1.46 bits per heavy atom. The monoisotopic (exact) mass is 529 g/mol. The zero-order valence-electron chi connectivity index (χ0n) is 22.7. The lowest BCUT2D eigenvalue weighted by molar-refractivity contribution is 0.104. The molecule has 0 amide bonds. The molecule has 0 saturated carbocycles. The molecular formula is C31H31NO7. The Kier molecular flexibility index (Phi) is 7.36. The number of carbonyl (C=O) groups is 1. The second kappa shape index (κ2) is 11.0. The van der Waals surface area contributed by atoms with E-state index in [1.54, 1.807) is 41.4 Å². The Bertz CT molecular complexity index is 1520. The third-order valence-corrected chi connectivity index (χ3v) is 6.87. The van der Waals surface area contributed by atoms with E-state index in [4.69, 9.17) is 28.4 Å². The summed E-state index contributed by atoms with van der Waals surface area (Å²) in [6.07, 6.45) is 2.18. The zero-order chi connectivity index (χ0) is 27.5. The maximum atomic E-state index is 12.3. The number of methoxy groups -OCH3 is 4. The van der Waals surface area contributed by atoms with Crippen molar-refractivity contribution >= 4 is 6.16 Å². The molecule has 1 aliphatic heterocycles. The first-order valence-corrected chi connectivity index (χ1v) is 12.7. The number of benzene rings is 3. The number of aryl methyl sites for hydroxylation is 2. The molecule has 0 fully saturated rings. The Morgan fingerprint density at radius 3 is 2.18 bits per heavy atom. The maximum absolute atomic E-state index is 12.3. The molecule has 0 bridgehead atoms. The van der Waals surface area contributed by atoms with E-state index in [2.05, 4.69) is 10.8 Å². The van der Waals surface area contributed by atoms with Gasteiger partial charge in [-0.3, -0.25) is 0 Å². The highest BCUT2D eigenvalue weighted by Crippen LogP contribution is 2.49. The minimum atomic E-state index is -0.747. The van der Waals surface area contributed by atoms with E-state index in [-0.39, 0.29) is 6.61 Å². The lowest BCUT2D eigenvalue weighted by atomic mass is 9.90. The third-order valence-electron chi connectivity index (χ3n) is 6.87. The van der Waals surface area contributed by atoms with Crippen molar-refractivity contribution < 1.29 is 33.2 Å². The summed E-state index contributed by atoms with van der Waals surface area (Å²) < 4.78 is 35.3. The second-order valence-electron chi connectivity index (χ2n) is 8.93. The third kappa shape index (κ3) is 4.74. The van der Waals surface area contributed by atoms with Crippen LogP contribution in [0.4, 0.5) is 4.79 Å². The van der Waals surface area contributed by atoms with Crippen molar-refractivity contribution in [2.24, 2.45) is 0 Å². The summed E-state index contributed by atoms with van der Waals surface area (Å²) in [6.45, 7) is 2.73. The Morgan fingerprint density at radius 1 is 0.769 bits per heavy atom. The number of nitrogens with zero attached hydrogens (tertiary/aromatic N) is 1. The van der Waals surface area contributed by atoms with E-state index in [0.29, 0.717) is 28.7 Å². The molecule has 8 heteroatoms. The number of carbonyl (C=O) groups excluding carboxylic acids is 1. The van der Waals surface area contributed by atoms with Crippen molar-refractivity contribution in [2.45, 2.75) is 19.9 Å². The highest BCUT2D eigenvalue weighted by atomic mass is 16.7. The molecule has 1 aromatic heterocycles. The molecule has 3 aromatic carbocycles. The summed E-state index contributed by atoms with van der Waals surface area (Å²) in [5, 5.41) is 0. The van der Waals surface area contributed by atoms with Gasteiger partial charge in [0.2, 0.25) is 0 Å². The van der Waals surface area contributed by atoms with Gasteiger partial charge in [-0.25, -0.2) is 4.79 Å². The minimum Gasteiger partial charge on any atom is -0.493 e.